The molecule has 1 aromatic rings. The third-order valence-corrected chi connectivity index (χ3v) is 4.22. The Morgan fingerprint density at radius 3 is 2.62 bits per heavy atom. The summed E-state index contributed by atoms with van der Waals surface area (Å²) in [4.78, 5) is 17.7. The SMILES string of the molecule is CN(C)C(=O)c1ccc(NC(CN)C2CCCCC2)nc1. The second-order valence-electron chi connectivity index (χ2n) is 6.02. The van der Waals surface area contributed by atoms with Gasteiger partial charge in [-0.2, -0.15) is 0 Å². The van der Waals surface area contributed by atoms with Gasteiger partial charge in [-0.1, -0.05) is 19.3 Å². The first-order valence-corrected chi connectivity index (χ1v) is 7.76. The minimum absolute atomic E-state index is 0.0308. The van der Waals surface area contributed by atoms with Crippen molar-refractivity contribution in [2.45, 2.75) is 38.1 Å². The van der Waals surface area contributed by atoms with Crippen LogP contribution in [0.3, 0.4) is 0 Å². The molecule has 1 aliphatic rings. The smallest absolute Gasteiger partial charge is 0.254 e. The van der Waals surface area contributed by atoms with Crippen LogP contribution in [0.15, 0.2) is 18.3 Å². The maximum atomic E-state index is 11.8. The molecule has 0 spiro atoms. The summed E-state index contributed by atoms with van der Waals surface area (Å²) in [7, 11) is 3.48. The highest BCUT2D eigenvalue weighted by atomic mass is 16.2. The largest absolute Gasteiger partial charge is 0.366 e. The first kappa shape index (κ1) is 15.8. The van der Waals surface area contributed by atoms with Crippen LogP contribution >= 0.6 is 0 Å². The average molecular weight is 290 g/mol. The van der Waals surface area contributed by atoms with Gasteiger partial charge in [0.25, 0.3) is 5.91 Å². The Morgan fingerprint density at radius 1 is 1.38 bits per heavy atom. The lowest BCUT2D eigenvalue weighted by atomic mass is 9.84. The van der Waals surface area contributed by atoms with Crippen molar-refractivity contribution in [2.24, 2.45) is 11.7 Å². The summed E-state index contributed by atoms with van der Waals surface area (Å²) in [6.07, 6.45) is 8.05. The summed E-state index contributed by atoms with van der Waals surface area (Å²) < 4.78 is 0. The fraction of sp³-hybridized carbons (Fsp3) is 0.625. The highest BCUT2D eigenvalue weighted by Gasteiger charge is 2.22. The van der Waals surface area contributed by atoms with E-state index >= 15 is 0 Å². The molecule has 0 bridgehead atoms. The molecule has 1 atom stereocenters. The van der Waals surface area contributed by atoms with Crippen LogP contribution < -0.4 is 11.1 Å². The molecule has 1 heterocycles. The number of nitrogens with one attached hydrogen (secondary N) is 1. The van der Waals surface area contributed by atoms with Crippen LogP contribution in [0.1, 0.15) is 42.5 Å². The van der Waals surface area contributed by atoms with Crippen LogP contribution in [0, 0.1) is 5.92 Å². The number of carbonyl (C=O) groups is 1. The number of aromatic nitrogens is 1. The molecule has 1 amide bonds. The van der Waals surface area contributed by atoms with E-state index in [4.69, 9.17) is 5.73 Å². The van der Waals surface area contributed by atoms with Gasteiger partial charge in [0.05, 0.1) is 5.56 Å². The Balaban J connectivity index is 1.99. The van der Waals surface area contributed by atoms with Gasteiger partial charge in [-0.3, -0.25) is 4.79 Å². The van der Waals surface area contributed by atoms with Crippen molar-refractivity contribution in [3.8, 4) is 0 Å². The molecule has 0 aromatic carbocycles. The Labute approximate surface area is 126 Å². The monoisotopic (exact) mass is 290 g/mol. The van der Waals surface area contributed by atoms with Crippen molar-refractivity contribution in [1.29, 1.82) is 0 Å². The minimum atomic E-state index is -0.0308. The molecule has 1 saturated carbocycles. The quantitative estimate of drug-likeness (QED) is 0.871. The van der Waals surface area contributed by atoms with E-state index < -0.39 is 0 Å². The van der Waals surface area contributed by atoms with Gasteiger partial charge < -0.3 is 16.0 Å². The molecule has 1 aromatic heterocycles. The molecule has 0 saturated heterocycles. The number of hydrogen-bond acceptors (Lipinski definition) is 4. The lowest BCUT2D eigenvalue weighted by Crippen LogP contribution is -2.37. The molecule has 2 rings (SSSR count). The third-order valence-electron chi connectivity index (χ3n) is 4.22. The normalized spacial score (nSPS) is 17.3. The fourth-order valence-electron chi connectivity index (χ4n) is 2.96. The highest BCUT2D eigenvalue weighted by molar-refractivity contribution is 5.93. The molecular formula is C16H26N4O. The molecule has 5 heteroatoms. The number of nitrogens with zero attached hydrogens (tertiary/aromatic N) is 2. The van der Waals surface area contributed by atoms with Crippen molar-refractivity contribution >= 4 is 11.7 Å². The predicted molar refractivity (Wildman–Crippen MR) is 85.3 cm³/mol. The zero-order valence-corrected chi connectivity index (χ0v) is 13.0. The molecule has 1 aliphatic carbocycles. The Bertz CT molecular complexity index is 452. The minimum Gasteiger partial charge on any atom is -0.366 e. The van der Waals surface area contributed by atoms with Crippen LogP contribution in [0.25, 0.3) is 0 Å². The van der Waals surface area contributed by atoms with E-state index in [-0.39, 0.29) is 11.9 Å². The first-order chi connectivity index (χ1) is 10.1. The summed E-state index contributed by atoms with van der Waals surface area (Å²) in [6, 6.07) is 3.95. The molecule has 0 aliphatic heterocycles. The van der Waals surface area contributed by atoms with Crippen molar-refractivity contribution in [3.05, 3.63) is 23.9 Å². The van der Waals surface area contributed by atoms with Gasteiger partial charge in [0.15, 0.2) is 0 Å². The topological polar surface area (TPSA) is 71.2 Å². The maximum Gasteiger partial charge on any atom is 0.254 e. The zero-order chi connectivity index (χ0) is 15.2. The molecule has 1 fully saturated rings. The molecule has 3 N–H and O–H groups in total. The Hall–Kier alpha value is -1.62. The van der Waals surface area contributed by atoms with Crippen molar-refractivity contribution in [2.75, 3.05) is 26.0 Å². The highest BCUT2D eigenvalue weighted by Crippen LogP contribution is 2.27. The van der Waals surface area contributed by atoms with Gasteiger partial charge >= 0.3 is 0 Å². The van der Waals surface area contributed by atoms with Gasteiger partial charge in [0.1, 0.15) is 5.82 Å². The van der Waals surface area contributed by atoms with Gasteiger partial charge in [0, 0.05) is 32.9 Å². The molecular weight excluding hydrogens is 264 g/mol. The van der Waals surface area contributed by atoms with Gasteiger partial charge in [-0.25, -0.2) is 4.98 Å². The summed E-state index contributed by atoms with van der Waals surface area (Å²) in [6.45, 7) is 0.616. The number of hydrogen-bond donors (Lipinski definition) is 2. The van der Waals surface area contributed by atoms with Crippen LogP contribution in [-0.2, 0) is 0 Å². The van der Waals surface area contributed by atoms with Crippen LogP contribution in [0.5, 0.6) is 0 Å². The van der Waals surface area contributed by atoms with Crippen molar-refractivity contribution in [1.82, 2.24) is 9.88 Å². The van der Waals surface area contributed by atoms with Gasteiger partial charge in [-0.15, -0.1) is 0 Å². The number of nitrogens with two attached hydrogens (primary N) is 1. The second kappa shape index (κ2) is 7.41. The van der Waals surface area contributed by atoms with E-state index in [2.05, 4.69) is 10.3 Å². The van der Waals surface area contributed by atoms with Crippen LogP contribution in [0.2, 0.25) is 0 Å². The Morgan fingerprint density at radius 2 is 2.10 bits per heavy atom. The van der Waals surface area contributed by atoms with E-state index in [9.17, 15) is 4.79 Å². The summed E-state index contributed by atoms with van der Waals surface area (Å²) >= 11 is 0. The zero-order valence-electron chi connectivity index (χ0n) is 13.0. The lowest BCUT2D eigenvalue weighted by Gasteiger charge is -2.30. The molecule has 21 heavy (non-hydrogen) atoms. The fourth-order valence-corrected chi connectivity index (χ4v) is 2.96. The van der Waals surface area contributed by atoms with Crippen molar-refractivity contribution in [3.63, 3.8) is 0 Å². The lowest BCUT2D eigenvalue weighted by molar-refractivity contribution is 0.0827. The van der Waals surface area contributed by atoms with Crippen molar-refractivity contribution < 1.29 is 4.79 Å². The summed E-state index contributed by atoms with van der Waals surface area (Å²) in [5.41, 5.74) is 6.52. The number of rotatable bonds is 5. The summed E-state index contributed by atoms with van der Waals surface area (Å²) in [5.74, 6) is 1.40. The van der Waals surface area contributed by atoms with Crippen LogP contribution in [0.4, 0.5) is 5.82 Å². The predicted octanol–water partition coefficient (Wildman–Crippen LogP) is 2.10. The van der Waals surface area contributed by atoms with E-state index in [1.54, 1.807) is 25.2 Å². The number of pyridine rings is 1. The second-order valence-corrected chi connectivity index (χ2v) is 6.02. The Kier molecular flexibility index (Phi) is 5.56. The average Bonchev–Trinajstić information content (AvgIpc) is 2.53. The van der Waals surface area contributed by atoms with E-state index in [1.165, 1.54) is 32.1 Å². The van der Waals surface area contributed by atoms with Gasteiger partial charge in [0.2, 0.25) is 0 Å². The molecule has 116 valence electrons. The molecule has 1 unspecified atom stereocenters. The van der Waals surface area contributed by atoms with E-state index in [1.807, 2.05) is 12.1 Å². The first-order valence-electron chi connectivity index (χ1n) is 7.76. The standard InChI is InChI=1S/C16H26N4O/c1-20(2)16(21)13-8-9-15(18-11-13)19-14(10-17)12-6-4-3-5-7-12/h8-9,11-12,14H,3-7,10,17H2,1-2H3,(H,18,19). The molecule has 5 nitrogen and oxygen atoms in total. The third kappa shape index (κ3) is 4.17. The molecule has 0 radical (unpaired) electrons. The summed E-state index contributed by atoms with van der Waals surface area (Å²) in [5, 5.41) is 3.43. The van der Waals surface area contributed by atoms with E-state index in [0.29, 0.717) is 18.0 Å². The van der Waals surface area contributed by atoms with E-state index in [0.717, 1.165) is 5.82 Å². The number of anilines is 1. The number of amides is 1. The van der Waals surface area contributed by atoms with Gasteiger partial charge in [-0.05, 0) is 30.9 Å². The maximum absolute atomic E-state index is 11.8. The van der Waals surface area contributed by atoms with Crippen LogP contribution in [-0.4, -0.2) is 42.5 Å². The number of carbonyl (C=O) groups excluding carboxylic acids is 1.